The topological polar surface area (TPSA) is 41.6 Å². The minimum atomic E-state index is -0.0346. The van der Waals surface area contributed by atoms with Crippen molar-refractivity contribution in [3.63, 3.8) is 0 Å². The second kappa shape index (κ2) is 7.09. The van der Waals surface area contributed by atoms with Gasteiger partial charge in [0.25, 0.3) is 0 Å². The van der Waals surface area contributed by atoms with Gasteiger partial charge in [0.05, 0.1) is 12.6 Å². The van der Waals surface area contributed by atoms with Crippen molar-refractivity contribution in [3.8, 4) is 5.75 Å². The van der Waals surface area contributed by atoms with Gasteiger partial charge in [-0.05, 0) is 43.1 Å². The summed E-state index contributed by atoms with van der Waals surface area (Å²) in [6.07, 6.45) is 1.07. The first-order chi connectivity index (χ1) is 9.58. The Morgan fingerprint density at radius 3 is 2.75 bits per heavy atom. The van der Waals surface area contributed by atoms with E-state index in [2.05, 4.69) is 28.2 Å². The van der Waals surface area contributed by atoms with Gasteiger partial charge >= 0.3 is 0 Å². The Labute approximate surface area is 128 Å². The van der Waals surface area contributed by atoms with Crippen LogP contribution in [0.15, 0.2) is 28.7 Å². The molecule has 1 aromatic rings. The average molecular weight is 341 g/mol. The van der Waals surface area contributed by atoms with Crippen molar-refractivity contribution in [2.45, 2.75) is 19.4 Å². The van der Waals surface area contributed by atoms with Crippen LogP contribution in [-0.2, 0) is 4.79 Å². The van der Waals surface area contributed by atoms with E-state index in [1.807, 2.05) is 31.3 Å². The Morgan fingerprint density at radius 2 is 2.15 bits per heavy atom. The van der Waals surface area contributed by atoms with Crippen LogP contribution in [0.5, 0.6) is 5.75 Å². The van der Waals surface area contributed by atoms with E-state index in [0.717, 1.165) is 23.2 Å². The monoisotopic (exact) mass is 340 g/mol. The number of nitrogens with zero attached hydrogens (tertiary/aromatic N) is 1. The smallest absolute Gasteiger partial charge is 0.239 e. The molecule has 0 bridgehead atoms. The molecule has 20 heavy (non-hydrogen) atoms. The van der Waals surface area contributed by atoms with Crippen LogP contribution in [0.3, 0.4) is 0 Å². The first-order valence-electron chi connectivity index (χ1n) is 6.94. The van der Waals surface area contributed by atoms with E-state index < -0.39 is 0 Å². The fraction of sp³-hybridized carbons (Fsp3) is 0.533. The number of hydrogen-bond acceptors (Lipinski definition) is 3. The number of ether oxygens (including phenoxy) is 1. The van der Waals surface area contributed by atoms with E-state index in [0.29, 0.717) is 19.1 Å². The fourth-order valence-electron chi connectivity index (χ4n) is 2.34. The number of halogens is 1. The summed E-state index contributed by atoms with van der Waals surface area (Å²) < 4.78 is 6.66. The number of benzene rings is 1. The molecule has 0 saturated carbocycles. The van der Waals surface area contributed by atoms with Gasteiger partial charge in [0.1, 0.15) is 12.4 Å². The molecule has 5 heteroatoms. The van der Waals surface area contributed by atoms with Crippen LogP contribution in [0.1, 0.15) is 13.3 Å². The van der Waals surface area contributed by atoms with E-state index in [4.69, 9.17) is 4.74 Å². The average Bonchev–Trinajstić information content (AvgIpc) is 2.86. The Balaban J connectivity index is 1.75. The van der Waals surface area contributed by atoms with Crippen molar-refractivity contribution in [2.24, 2.45) is 5.92 Å². The maximum Gasteiger partial charge on any atom is 0.239 e. The fourth-order valence-corrected chi connectivity index (χ4v) is 2.61. The van der Waals surface area contributed by atoms with Crippen molar-refractivity contribution in [2.75, 3.05) is 26.7 Å². The number of carbonyl (C=O) groups excluding carboxylic acids is 1. The number of hydrogen-bond donors (Lipinski definition) is 1. The van der Waals surface area contributed by atoms with Crippen molar-refractivity contribution in [1.82, 2.24) is 10.2 Å². The summed E-state index contributed by atoms with van der Waals surface area (Å²) in [7, 11) is 1.83. The normalized spacial score (nSPS) is 21.8. The highest BCUT2D eigenvalue weighted by Gasteiger charge is 2.31. The van der Waals surface area contributed by atoms with Gasteiger partial charge in [0, 0.05) is 11.5 Å². The van der Waals surface area contributed by atoms with Gasteiger partial charge in [0.2, 0.25) is 5.91 Å². The summed E-state index contributed by atoms with van der Waals surface area (Å²) in [5, 5.41) is 3.26. The molecule has 110 valence electrons. The molecule has 1 aliphatic rings. The Bertz CT molecular complexity index is 450. The van der Waals surface area contributed by atoms with E-state index in [9.17, 15) is 4.79 Å². The summed E-state index contributed by atoms with van der Waals surface area (Å²) in [5.74, 6) is 1.40. The lowest BCUT2D eigenvalue weighted by atomic mass is 10.0. The molecule has 1 saturated heterocycles. The van der Waals surface area contributed by atoms with E-state index in [1.165, 1.54) is 0 Å². The lowest BCUT2D eigenvalue weighted by molar-refractivity contribution is -0.132. The van der Waals surface area contributed by atoms with E-state index >= 15 is 0 Å². The summed E-state index contributed by atoms with van der Waals surface area (Å²) in [5.41, 5.74) is 0. The van der Waals surface area contributed by atoms with Gasteiger partial charge in [-0.2, -0.15) is 0 Å². The van der Waals surface area contributed by atoms with E-state index in [1.54, 1.807) is 4.90 Å². The third-order valence-electron chi connectivity index (χ3n) is 3.68. The number of likely N-dealkylation sites (N-methyl/N-ethyl adjacent to an activating group) is 1. The van der Waals surface area contributed by atoms with Crippen LogP contribution in [-0.4, -0.2) is 43.6 Å². The van der Waals surface area contributed by atoms with Crippen molar-refractivity contribution in [1.29, 1.82) is 0 Å². The van der Waals surface area contributed by atoms with Crippen molar-refractivity contribution in [3.05, 3.63) is 28.7 Å². The molecule has 0 aromatic heterocycles. The van der Waals surface area contributed by atoms with Crippen LogP contribution in [0, 0.1) is 5.92 Å². The molecule has 4 nitrogen and oxygen atoms in total. The predicted octanol–water partition coefficient (Wildman–Crippen LogP) is 2.28. The van der Waals surface area contributed by atoms with Crippen LogP contribution in [0.4, 0.5) is 0 Å². The largest absolute Gasteiger partial charge is 0.492 e. The number of rotatable bonds is 5. The number of carbonyl (C=O) groups is 1. The minimum absolute atomic E-state index is 0.0346. The summed E-state index contributed by atoms with van der Waals surface area (Å²) in [6.45, 7) is 4.15. The van der Waals surface area contributed by atoms with Crippen molar-refractivity contribution >= 4 is 21.8 Å². The summed E-state index contributed by atoms with van der Waals surface area (Å²) in [4.78, 5) is 14.0. The SMILES string of the molecule is CC1CCNC1C(=O)N(C)CCOc1ccc(Br)cc1. The molecule has 0 spiro atoms. The molecule has 2 rings (SSSR count). The molecule has 1 fully saturated rings. The second-order valence-electron chi connectivity index (χ2n) is 5.26. The maximum absolute atomic E-state index is 12.2. The summed E-state index contributed by atoms with van der Waals surface area (Å²) >= 11 is 3.38. The molecule has 2 atom stereocenters. The molecule has 1 aromatic carbocycles. The zero-order chi connectivity index (χ0) is 14.5. The Morgan fingerprint density at radius 1 is 1.45 bits per heavy atom. The van der Waals surface area contributed by atoms with Gasteiger partial charge < -0.3 is 15.0 Å². The lowest BCUT2D eigenvalue weighted by Gasteiger charge is -2.23. The molecule has 1 amide bonds. The summed E-state index contributed by atoms with van der Waals surface area (Å²) in [6, 6.07) is 7.66. The second-order valence-corrected chi connectivity index (χ2v) is 6.18. The van der Waals surface area contributed by atoms with Gasteiger partial charge in [-0.3, -0.25) is 4.79 Å². The third kappa shape index (κ3) is 3.96. The zero-order valence-electron chi connectivity index (χ0n) is 11.9. The first kappa shape index (κ1) is 15.3. The van der Waals surface area contributed by atoms with Crippen molar-refractivity contribution < 1.29 is 9.53 Å². The number of nitrogens with one attached hydrogen (secondary N) is 1. The van der Waals surface area contributed by atoms with Gasteiger partial charge in [-0.25, -0.2) is 0 Å². The standard InChI is InChI=1S/C15H21BrN2O2/c1-11-7-8-17-14(11)15(19)18(2)9-10-20-13-5-3-12(16)4-6-13/h3-6,11,14,17H,7-10H2,1-2H3. The van der Waals surface area contributed by atoms with E-state index in [-0.39, 0.29) is 11.9 Å². The number of amides is 1. The molecule has 2 unspecified atom stereocenters. The van der Waals surface area contributed by atoms with Gasteiger partial charge in [-0.1, -0.05) is 22.9 Å². The Hall–Kier alpha value is -1.07. The molecular formula is C15H21BrN2O2. The highest BCUT2D eigenvalue weighted by Crippen LogP contribution is 2.17. The van der Waals surface area contributed by atoms with Crippen LogP contribution in [0.2, 0.25) is 0 Å². The molecule has 1 aliphatic heterocycles. The van der Waals surface area contributed by atoms with Crippen LogP contribution >= 0.6 is 15.9 Å². The highest BCUT2D eigenvalue weighted by molar-refractivity contribution is 9.10. The quantitative estimate of drug-likeness (QED) is 0.894. The Kier molecular flexibility index (Phi) is 5.43. The predicted molar refractivity (Wildman–Crippen MR) is 82.8 cm³/mol. The molecule has 0 aliphatic carbocycles. The highest BCUT2D eigenvalue weighted by atomic mass is 79.9. The van der Waals surface area contributed by atoms with Gasteiger partial charge in [-0.15, -0.1) is 0 Å². The molecule has 0 radical (unpaired) electrons. The molecule has 1 heterocycles. The molecular weight excluding hydrogens is 320 g/mol. The molecule has 1 N–H and O–H groups in total. The third-order valence-corrected chi connectivity index (χ3v) is 4.21. The van der Waals surface area contributed by atoms with Gasteiger partial charge in [0.15, 0.2) is 0 Å². The first-order valence-corrected chi connectivity index (χ1v) is 7.74. The lowest BCUT2D eigenvalue weighted by Crippen LogP contribution is -2.45. The minimum Gasteiger partial charge on any atom is -0.492 e. The van der Waals surface area contributed by atoms with Crippen LogP contribution in [0.25, 0.3) is 0 Å². The zero-order valence-corrected chi connectivity index (χ0v) is 13.5. The van der Waals surface area contributed by atoms with Crippen LogP contribution < -0.4 is 10.1 Å². The maximum atomic E-state index is 12.2.